The van der Waals surface area contributed by atoms with E-state index in [4.69, 9.17) is 11.6 Å². The van der Waals surface area contributed by atoms with E-state index in [1.165, 1.54) is 0 Å². The summed E-state index contributed by atoms with van der Waals surface area (Å²) in [6, 6.07) is 14.5. The first kappa shape index (κ1) is 13.3. The number of carbonyl (C=O) groups excluding carboxylic acids is 1. The van der Waals surface area contributed by atoms with Gasteiger partial charge in [-0.15, -0.1) is 0 Å². The molecule has 2 rings (SSSR count). The second-order valence-electron chi connectivity index (χ2n) is 4.12. The number of carbonyl (C=O) groups is 1. The minimum Gasteiger partial charge on any atom is -0.267 e. The fourth-order valence-electron chi connectivity index (χ4n) is 1.48. The standard InChI is InChI=1S/C15H13ClN2O/c1-11-2-6-13(7-3-11)15(19)18-17-10-12-4-8-14(16)9-5-12/h2-10H,1H3,(H,18,19)/b17-10+. The van der Waals surface area contributed by atoms with Crippen LogP contribution in [-0.2, 0) is 0 Å². The van der Waals surface area contributed by atoms with Gasteiger partial charge in [-0.25, -0.2) is 5.43 Å². The van der Waals surface area contributed by atoms with E-state index < -0.39 is 0 Å². The predicted octanol–water partition coefficient (Wildman–Crippen LogP) is 3.41. The number of nitrogens with zero attached hydrogens (tertiary/aromatic N) is 1. The third-order valence-electron chi connectivity index (χ3n) is 2.56. The van der Waals surface area contributed by atoms with Gasteiger partial charge in [0.25, 0.3) is 5.91 Å². The van der Waals surface area contributed by atoms with E-state index in [-0.39, 0.29) is 5.91 Å². The summed E-state index contributed by atoms with van der Waals surface area (Å²) in [6.07, 6.45) is 1.57. The number of nitrogens with one attached hydrogen (secondary N) is 1. The highest BCUT2D eigenvalue weighted by Gasteiger charge is 2.02. The Hall–Kier alpha value is -2.13. The second kappa shape index (κ2) is 6.16. The summed E-state index contributed by atoms with van der Waals surface area (Å²) in [7, 11) is 0. The molecular formula is C15H13ClN2O. The summed E-state index contributed by atoms with van der Waals surface area (Å²) in [4.78, 5) is 11.8. The minimum absolute atomic E-state index is 0.231. The van der Waals surface area contributed by atoms with E-state index >= 15 is 0 Å². The van der Waals surface area contributed by atoms with Gasteiger partial charge in [0.2, 0.25) is 0 Å². The molecule has 0 saturated carbocycles. The first-order chi connectivity index (χ1) is 9.15. The van der Waals surface area contributed by atoms with E-state index in [0.29, 0.717) is 10.6 Å². The summed E-state index contributed by atoms with van der Waals surface area (Å²) in [5.74, 6) is -0.231. The van der Waals surface area contributed by atoms with Crippen LogP contribution in [0, 0.1) is 6.92 Å². The topological polar surface area (TPSA) is 41.5 Å². The lowest BCUT2D eigenvalue weighted by atomic mass is 10.1. The molecule has 0 saturated heterocycles. The van der Waals surface area contributed by atoms with Crippen molar-refractivity contribution in [2.24, 2.45) is 5.10 Å². The van der Waals surface area contributed by atoms with Crippen molar-refractivity contribution in [3.05, 3.63) is 70.2 Å². The van der Waals surface area contributed by atoms with E-state index in [9.17, 15) is 4.79 Å². The van der Waals surface area contributed by atoms with Crippen LogP contribution in [0.3, 0.4) is 0 Å². The maximum atomic E-state index is 11.8. The molecule has 0 radical (unpaired) electrons. The predicted molar refractivity (Wildman–Crippen MR) is 77.7 cm³/mol. The maximum Gasteiger partial charge on any atom is 0.271 e. The molecule has 96 valence electrons. The molecular weight excluding hydrogens is 260 g/mol. The van der Waals surface area contributed by atoms with Gasteiger partial charge < -0.3 is 0 Å². The third-order valence-corrected chi connectivity index (χ3v) is 2.82. The van der Waals surface area contributed by atoms with Crippen LogP contribution in [0.25, 0.3) is 0 Å². The lowest BCUT2D eigenvalue weighted by molar-refractivity contribution is 0.0955. The summed E-state index contributed by atoms with van der Waals surface area (Å²) >= 11 is 5.77. The van der Waals surface area contributed by atoms with Crippen molar-refractivity contribution >= 4 is 23.7 Å². The van der Waals surface area contributed by atoms with Gasteiger partial charge in [-0.2, -0.15) is 5.10 Å². The number of halogens is 1. The molecule has 3 nitrogen and oxygen atoms in total. The Morgan fingerprint density at radius 1 is 1.11 bits per heavy atom. The van der Waals surface area contributed by atoms with Crippen LogP contribution in [-0.4, -0.2) is 12.1 Å². The van der Waals surface area contributed by atoms with Gasteiger partial charge in [-0.1, -0.05) is 41.4 Å². The zero-order chi connectivity index (χ0) is 13.7. The molecule has 2 aromatic carbocycles. The number of hydrogen-bond acceptors (Lipinski definition) is 2. The first-order valence-corrected chi connectivity index (χ1v) is 6.18. The molecule has 0 aliphatic rings. The second-order valence-corrected chi connectivity index (χ2v) is 4.55. The molecule has 1 N–H and O–H groups in total. The van der Waals surface area contributed by atoms with Gasteiger partial charge in [0.05, 0.1) is 6.21 Å². The largest absolute Gasteiger partial charge is 0.271 e. The van der Waals surface area contributed by atoms with E-state index in [0.717, 1.165) is 11.1 Å². The van der Waals surface area contributed by atoms with Gasteiger partial charge in [-0.05, 0) is 36.8 Å². The Morgan fingerprint density at radius 2 is 1.74 bits per heavy atom. The van der Waals surface area contributed by atoms with Crippen LogP contribution in [0.5, 0.6) is 0 Å². The molecule has 2 aromatic rings. The van der Waals surface area contributed by atoms with Crippen LogP contribution < -0.4 is 5.43 Å². The summed E-state index contributed by atoms with van der Waals surface area (Å²) in [5.41, 5.74) is 5.04. The maximum absolute atomic E-state index is 11.8. The van der Waals surface area contributed by atoms with Crippen molar-refractivity contribution in [3.8, 4) is 0 Å². The highest BCUT2D eigenvalue weighted by Crippen LogP contribution is 2.07. The Morgan fingerprint density at radius 3 is 2.37 bits per heavy atom. The SMILES string of the molecule is Cc1ccc(C(=O)N/N=C/c2ccc(Cl)cc2)cc1. The van der Waals surface area contributed by atoms with Gasteiger partial charge in [0, 0.05) is 10.6 Å². The van der Waals surface area contributed by atoms with Crippen molar-refractivity contribution < 1.29 is 4.79 Å². The molecule has 0 heterocycles. The average molecular weight is 273 g/mol. The van der Waals surface area contributed by atoms with Gasteiger partial charge in [-0.3, -0.25) is 4.79 Å². The molecule has 0 spiro atoms. The van der Waals surface area contributed by atoms with Crippen LogP contribution in [0.15, 0.2) is 53.6 Å². The molecule has 4 heteroatoms. The van der Waals surface area contributed by atoms with E-state index in [2.05, 4.69) is 10.5 Å². The number of amides is 1. The molecule has 0 atom stereocenters. The monoisotopic (exact) mass is 272 g/mol. The molecule has 0 aromatic heterocycles. The fraction of sp³-hybridized carbons (Fsp3) is 0.0667. The van der Waals surface area contributed by atoms with Crippen LogP contribution in [0.4, 0.5) is 0 Å². The third kappa shape index (κ3) is 3.93. The number of aryl methyl sites for hydroxylation is 1. The van der Waals surface area contributed by atoms with Crippen molar-refractivity contribution in [2.75, 3.05) is 0 Å². The number of benzene rings is 2. The lowest BCUT2D eigenvalue weighted by Crippen LogP contribution is -2.17. The zero-order valence-corrected chi connectivity index (χ0v) is 11.2. The lowest BCUT2D eigenvalue weighted by Gasteiger charge is -2.00. The van der Waals surface area contributed by atoms with E-state index in [1.54, 1.807) is 30.5 Å². The summed E-state index contributed by atoms with van der Waals surface area (Å²) < 4.78 is 0. The first-order valence-electron chi connectivity index (χ1n) is 5.81. The van der Waals surface area contributed by atoms with Gasteiger partial charge in [0.15, 0.2) is 0 Å². The van der Waals surface area contributed by atoms with E-state index in [1.807, 2.05) is 31.2 Å². The number of hydrogen-bond donors (Lipinski definition) is 1. The Labute approximate surface area is 116 Å². The van der Waals surface area contributed by atoms with Crippen molar-refractivity contribution in [3.63, 3.8) is 0 Å². The highest BCUT2D eigenvalue weighted by molar-refractivity contribution is 6.30. The fourth-order valence-corrected chi connectivity index (χ4v) is 1.61. The molecule has 0 aliphatic carbocycles. The summed E-state index contributed by atoms with van der Waals surface area (Å²) in [6.45, 7) is 1.97. The van der Waals surface area contributed by atoms with Crippen molar-refractivity contribution in [1.82, 2.24) is 5.43 Å². The number of hydrazone groups is 1. The molecule has 0 fully saturated rings. The Kier molecular flexibility index (Phi) is 4.31. The molecule has 19 heavy (non-hydrogen) atoms. The van der Waals surface area contributed by atoms with Crippen LogP contribution in [0.2, 0.25) is 5.02 Å². The molecule has 0 aliphatic heterocycles. The van der Waals surface area contributed by atoms with Gasteiger partial charge >= 0.3 is 0 Å². The average Bonchev–Trinajstić information content (AvgIpc) is 2.41. The van der Waals surface area contributed by atoms with Gasteiger partial charge in [0.1, 0.15) is 0 Å². The Balaban J connectivity index is 1.96. The highest BCUT2D eigenvalue weighted by atomic mass is 35.5. The summed E-state index contributed by atoms with van der Waals surface area (Å²) in [5, 5.41) is 4.57. The number of rotatable bonds is 3. The minimum atomic E-state index is -0.231. The van der Waals surface area contributed by atoms with Crippen LogP contribution in [0.1, 0.15) is 21.5 Å². The normalized spacial score (nSPS) is 10.6. The smallest absolute Gasteiger partial charge is 0.267 e. The van der Waals surface area contributed by atoms with Crippen LogP contribution >= 0.6 is 11.6 Å². The van der Waals surface area contributed by atoms with Crippen molar-refractivity contribution in [2.45, 2.75) is 6.92 Å². The zero-order valence-electron chi connectivity index (χ0n) is 10.4. The van der Waals surface area contributed by atoms with Crippen molar-refractivity contribution in [1.29, 1.82) is 0 Å². The molecule has 1 amide bonds. The quantitative estimate of drug-likeness (QED) is 0.675. The molecule has 0 unspecified atom stereocenters. The molecule has 0 bridgehead atoms. The Bertz CT molecular complexity index is 589.